The normalized spacial score (nSPS) is 25.2. The molecule has 0 aromatic heterocycles. The number of nitrogens with two attached hydrogens (primary N) is 1. The van der Waals surface area contributed by atoms with Crippen LogP contribution in [0.2, 0.25) is 0 Å². The first-order valence-electron chi connectivity index (χ1n) is 9.42. The SMILES string of the molecule is CCOC1CC(N)(C(=O)NC(C)c2ccc(CC(C)C)cc2)C1(C)C.Cl. The summed E-state index contributed by atoms with van der Waals surface area (Å²) in [6.07, 6.45) is 1.68. The number of carbonyl (C=O) groups is 1. The van der Waals surface area contributed by atoms with Crippen LogP contribution >= 0.6 is 12.4 Å². The Hall–Kier alpha value is -1.10. The molecule has 0 spiro atoms. The molecule has 4 nitrogen and oxygen atoms in total. The van der Waals surface area contributed by atoms with Gasteiger partial charge in [-0.1, -0.05) is 52.0 Å². The van der Waals surface area contributed by atoms with Crippen molar-refractivity contribution in [2.45, 2.75) is 72.1 Å². The molecule has 1 saturated carbocycles. The number of nitrogens with one attached hydrogen (secondary N) is 1. The summed E-state index contributed by atoms with van der Waals surface area (Å²) in [4.78, 5) is 12.8. The highest BCUT2D eigenvalue weighted by atomic mass is 35.5. The van der Waals surface area contributed by atoms with E-state index >= 15 is 0 Å². The van der Waals surface area contributed by atoms with Crippen LogP contribution in [0.25, 0.3) is 0 Å². The minimum Gasteiger partial charge on any atom is -0.378 e. The van der Waals surface area contributed by atoms with Crippen molar-refractivity contribution in [3.8, 4) is 0 Å². The number of carbonyl (C=O) groups excluding carboxylic acids is 1. The molecule has 0 saturated heterocycles. The summed E-state index contributed by atoms with van der Waals surface area (Å²) >= 11 is 0. The zero-order chi connectivity index (χ0) is 18.8. The third-order valence-electron chi connectivity index (χ3n) is 5.71. The van der Waals surface area contributed by atoms with Crippen LogP contribution in [0, 0.1) is 11.3 Å². The molecule has 1 aromatic rings. The molecule has 0 bridgehead atoms. The standard InChI is InChI=1S/C21H34N2O2.ClH/c1-7-25-18-13-21(22,20(18,5)6)19(24)23-15(4)17-10-8-16(9-11-17)12-14(2)3;/h8-11,14-15,18H,7,12-13,22H2,1-6H3,(H,23,24);1H. The number of ether oxygens (including phenoxy) is 1. The molecule has 3 unspecified atom stereocenters. The van der Waals surface area contributed by atoms with E-state index in [9.17, 15) is 4.79 Å². The summed E-state index contributed by atoms with van der Waals surface area (Å²) in [6, 6.07) is 8.42. The van der Waals surface area contributed by atoms with Crippen LogP contribution in [-0.4, -0.2) is 24.2 Å². The lowest BCUT2D eigenvalue weighted by atomic mass is 9.54. The molecule has 2 rings (SSSR count). The molecule has 148 valence electrons. The van der Waals surface area contributed by atoms with E-state index in [1.54, 1.807) is 0 Å². The predicted molar refractivity (Wildman–Crippen MR) is 110 cm³/mol. The lowest BCUT2D eigenvalue weighted by Gasteiger charge is -2.57. The van der Waals surface area contributed by atoms with Gasteiger partial charge in [-0.05, 0) is 37.3 Å². The molecule has 1 aromatic carbocycles. The van der Waals surface area contributed by atoms with Gasteiger partial charge in [0.1, 0.15) is 5.54 Å². The van der Waals surface area contributed by atoms with E-state index in [-0.39, 0.29) is 35.9 Å². The second kappa shape index (κ2) is 8.73. The fraction of sp³-hybridized carbons (Fsp3) is 0.667. The number of hydrogen-bond donors (Lipinski definition) is 2. The van der Waals surface area contributed by atoms with Crippen molar-refractivity contribution in [3.05, 3.63) is 35.4 Å². The maximum absolute atomic E-state index is 12.8. The highest BCUT2D eigenvalue weighted by Crippen LogP contribution is 2.50. The van der Waals surface area contributed by atoms with E-state index in [2.05, 4.69) is 43.4 Å². The van der Waals surface area contributed by atoms with Gasteiger partial charge in [-0.25, -0.2) is 0 Å². The highest BCUT2D eigenvalue weighted by molar-refractivity contribution is 5.89. The molecule has 1 amide bonds. The van der Waals surface area contributed by atoms with Crippen molar-refractivity contribution in [2.75, 3.05) is 6.61 Å². The van der Waals surface area contributed by atoms with Gasteiger partial charge in [0.15, 0.2) is 0 Å². The topological polar surface area (TPSA) is 64.3 Å². The monoisotopic (exact) mass is 382 g/mol. The Bertz CT molecular complexity index is 601. The Morgan fingerprint density at radius 3 is 2.31 bits per heavy atom. The molecule has 0 aliphatic heterocycles. The third kappa shape index (κ3) is 4.41. The van der Waals surface area contributed by atoms with Crippen molar-refractivity contribution < 1.29 is 9.53 Å². The summed E-state index contributed by atoms with van der Waals surface area (Å²) in [6.45, 7) is 13.1. The number of amides is 1. The summed E-state index contributed by atoms with van der Waals surface area (Å²) in [7, 11) is 0. The van der Waals surface area contributed by atoms with Crippen molar-refractivity contribution in [1.82, 2.24) is 5.32 Å². The molecule has 0 heterocycles. The van der Waals surface area contributed by atoms with Crippen molar-refractivity contribution in [3.63, 3.8) is 0 Å². The molecular weight excluding hydrogens is 348 g/mol. The first-order valence-corrected chi connectivity index (χ1v) is 9.42. The van der Waals surface area contributed by atoms with Gasteiger partial charge in [0.25, 0.3) is 0 Å². The fourth-order valence-electron chi connectivity index (χ4n) is 3.64. The van der Waals surface area contributed by atoms with Gasteiger partial charge < -0.3 is 15.8 Å². The second-order valence-electron chi connectivity index (χ2n) is 8.38. The average molecular weight is 383 g/mol. The van der Waals surface area contributed by atoms with Crippen LogP contribution < -0.4 is 11.1 Å². The molecule has 0 radical (unpaired) electrons. The first-order chi connectivity index (χ1) is 11.6. The summed E-state index contributed by atoms with van der Waals surface area (Å²) < 4.78 is 5.71. The minimum absolute atomic E-state index is 0. The molecule has 5 heteroatoms. The summed E-state index contributed by atoms with van der Waals surface area (Å²) in [5.41, 5.74) is 7.64. The van der Waals surface area contributed by atoms with Gasteiger partial charge in [0.2, 0.25) is 5.91 Å². The van der Waals surface area contributed by atoms with Crippen LogP contribution in [0.5, 0.6) is 0 Å². The average Bonchev–Trinajstić information content (AvgIpc) is 2.54. The van der Waals surface area contributed by atoms with E-state index in [0.29, 0.717) is 18.9 Å². The lowest BCUT2D eigenvalue weighted by Crippen LogP contribution is -2.75. The Morgan fingerprint density at radius 2 is 1.85 bits per heavy atom. The zero-order valence-electron chi connectivity index (χ0n) is 17.0. The lowest BCUT2D eigenvalue weighted by molar-refractivity contribution is -0.171. The van der Waals surface area contributed by atoms with Crippen LogP contribution in [0.15, 0.2) is 24.3 Å². The zero-order valence-corrected chi connectivity index (χ0v) is 17.8. The van der Waals surface area contributed by atoms with Gasteiger partial charge >= 0.3 is 0 Å². The molecule has 1 fully saturated rings. The van der Waals surface area contributed by atoms with Gasteiger partial charge in [0.05, 0.1) is 12.1 Å². The van der Waals surface area contributed by atoms with Crippen molar-refractivity contribution in [2.24, 2.45) is 17.1 Å². The Morgan fingerprint density at radius 1 is 1.27 bits per heavy atom. The van der Waals surface area contributed by atoms with E-state index in [1.165, 1.54) is 5.56 Å². The molecule has 1 aliphatic carbocycles. The Labute approximate surface area is 164 Å². The van der Waals surface area contributed by atoms with E-state index in [4.69, 9.17) is 10.5 Å². The predicted octanol–water partition coefficient (Wildman–Crippen LogP) is 4.02. The molecule has 1 aliphatic rings. The number of benzene rings is 1. The Balaban J connectivity index is 0.00000338. The smallest absolute Gasteiger partial charge is 0.241 e. The van der Waals surface area contributed by atoms with Crippen LogP contribution in [0.4, 0.5) is 0 Å². The van der Waals surface area contributed by atoms with Gasteiger partial charge in [-0.15, -0.1) is 12.4 Å². The van der Waals surface area contributed by atoms with Crippen LogP contribution in [0.3, 0.4) is 0 Å². The maximum Gasteiger partial charge on any atom is 0.241 e. The number of halogens is 1. The van der Waals surface area contributed by atoms with Crippen molar-refractivity contribution >= 4 is 18.3 Å². The molecule has 26 heavy (non-hydrogen) atoms. The van der Waals surface area contributed by atoms with Gasteiger partial charge in [-0.3, -0.25) is 4.79 Å². The largest absolute Gasteiger partial charge is 0.378 e. The third-order valence-corrected chi connectivity index (χ3v) is 5.71. The highest BCUT2D eigenvalue weighted by Gasteiger charge is 2.62. The van der Waals surface area contributed by atoms with Crippen molar-refractivity contribution in [1.29, 1.82) is 0 Å². The van der Waals surface area contributed by atoms with Gasteiger partial charge in [0, 0.05) is 18.4 Å². The second-order valence-corrected chi connectivity index (χ2v) is 8.38. The first kappa shape index (κ1) is 22.9. The van der Waals surface area contributed by atoms with E-state index < -0.39 is 5.54 Å². The maximum atomic E-state index is 12.8. The quantitative estimate of drug-likeness (QED) is 0.748. The minimum atomic E-state index is -0.876. The molecule has 3 atom stereocenters. The van der Waals surface area contributed by atoms with Gasteiger partial charge in [-0.2, -0.15) is 0 Å². The van der Waals surface area contributed by atoms with Crippen LogP contribution in [-0.2, 0) is 16.0 Å². The Kier molecular flexibility index (Phi) is 7.70. The van der Waals surface area contributed by atoms with E-state index in [1.807, 2.05) is 27.7 Å². The van der Waals surface area contributed by atoms with E-state index in [0.717, 1.165) is 12.0 Å². The number of rotatable bonds is 7. The summed E-state index contributed by atoms with van der Waals surface area (Å²) in [5.74, 6) is 0.548. The fourth-order valence-corrected chi connectivity index (χ4v) is 3.64. The molecule has 3 N–H and O–H groups in total. The molecular formula is C21H35ClN2O2. The van der Waals surface area contributed by atoms with Crippen LogP contribution in [0.1, 0.15) is 65.1 Å². The number of hydrogen-bond acceptors (Lipinski definition) is 3. The summed E-state index contributed by atoms with van der Waals surface area (Å²) in [5, 5.41) is 3.10.